The Bertz CT molecular complexity index is 1350. The lowest BCUT2D eigenvalue weighted by Crippen LogP contribution is -2.19. The van der Waals surface area contributed by atoms with Crippen LogP contribution in [-0.4, -0.2) is 25.2 Å². The second kappa shape index (κ2) is 8.41. The zero-order valence-corrected chi connectivity index (χ0v) is 17.4. The number of carbonyl (C=O) groups is 1. The minimum absolute atomic E-state index is 0.0659. The van der Waals surface area contributed by atoms with Gasteiger partial charge >= 0.3 is 5.76 Å². The average Bonchev–Trinajstić information content (AvgIpc) is 3.24. The number of nitrogens with one attached hydrogen (secondary N) is 1. The van der Waals surface area contributed by atoms with Crippen molar-refractivity contribution in [3.8, 4) is 11.4 Å². The van der Waals surface area contributed by atoms with Crippen molar-refractivity contribution in [3.63, 3.8) is 0 Å². The van der Waals surface area contributed by atoms with E-state index in [1.54, 1.807) is 30.3 Å². The van der Waals surface area contributed by atoms with E-state index in [1.165, 1.54) is 16.7 Å². The molecule has 1 aliphatic heterocycles. The number of oxazole rings is 1. The Balaban J connectivity index is 1.33. The molecule has 5 rings (SSSR count). The number of benzene rings is 2. The molecule has 0 fully saturated rings. The maximum atomic E-state index is 14.6. The fraction of sp³-hybridized carbons (Fsp3) is 0.304. The Morgan fingerprint density at radius 3 is 2.91 bits per heavy atom. The van der Waals surface area contributed by atoms with E-state index in [1.807, 2.05) is 4.57 Å². The molecule has 0 saturated carbocycles. The van der Waals surface area contributed by atoms with Gasteiger partial charge in [-0.15, -0.1) is 10.2 Å². The molecule has 0 radical (unpaired) electrons. The molecule has 0 aliphatic carbocycles. The van der Waals surface area contributed by atoms with Crippen molar-refractivity contribution in [2.45, 2.75) is 45.2 Å². The molecule has 32 heavy (non-hydrogen) atoms. The minimum Gasteiger partial charge on any atom is -0.408 e. The van der Waals surface area contributed by atoms with Crippen molar-refractivity contribution in [3.05, 3.63) is 64.7 Å². The number of fused-ring (bicyclic) bond motifs is 2. The maximum absolute atomic E-state index is 14.6. The summed E-state index contributed by atoms with van der Waals surface area (Å²) in [5.41, 5.74) is 1.89. The van der Waals surface area contributed by atoms with Gasteiger partial charge in [0.05, 0.1) is 11.1 Å². The Kier molecular flexibility index (Phi) is 5.30. The van der Waals surface area contributed by atoms with Crippen LogP contribution in [-0.2, 0) is 24.3 Å². The highest BCUT2D eigenvalue weighted by Gasteiger charge is 2.19. The zero-order valence-electron chi connectivity index (χ0n) is 17.4. The van der Waals surface area contributed by atoms with Crippen LogP contribution in [0.2, 0.25) is 0 Å². The number of carbonyl (C=O) groups excluding carboxylic acids is 1. The van der Waals surface area contributed by atoms with Crippen molar-refractivity contribution in [2.24, 2.45) is 0 Å². The molecule has 8 nitrogen and oxygen atoms in total. The first-order valence-corrected chi connectivity index (χ1v) is 10.7. The van der Waals surface area contributed by atoms with Crippen LogP contribution in [0.3, 0.4) is 0 Å². The summed E-state index contributed by atoms with van der Waals surface area (Å²) in [6.45, 7) is 0.925. The third-order valence-corrected chi connectivity index (χ3v) is 5.74. The van der Waals surface area contributed by atoms with Crippen molar-refractivity contribution in [2.75, 3.05) is 5.32 Å². The first-order chi connectivity index (χ1) is 15.6. The summed E-state index contributed by atoms with van der Waals surface area (Å²) in [4.78, 5) is 24.6. The van der Waals surface area contributed by atoms with Gasteiger partial charge in [0, 0.05) is 31.6 Å². The number of nitrogens with zero attached hydrogens (tertiary/aromatic N) is 4. The van der Waals surface area contributed by atoms with Gasteiger partial charge < -0.3 is 14.3 Å². The SMILES string of the molecule is O=C(CCn1c(=O)oc2ccccc21)Nc1ccc(F)c(-c2nnc3n2CCCCC3)c1. The van der Waals surface area contributed by atoms with E-state index in [-0.39, 0.29) is 18.9 Å². The van der Waals surface area contributed by atoms with Crippen LogP contribution in [0.5, 0.6) is 0 Å². The Morgan fingerprint density at radius 2 is 2.00 bits per heavy atom. The summed E-state index contributed by atoms with van der Waals surface area (Å²) in [6.07, 6.45) is 4.05. The predicted octanol–water partition coefficient (Wildman–Crippen LogP) is 3.75. The number of aromatic nitrogens is 4. The molecule has 0 saturated heterocycles. The number of amides is 1. The first kappa shape index (κ1) is 20.2. The lowest BCUT2D eigenvalue weighted by atomic mass is 10.1. The van der Waals surface area contributed by atoms with Gasteiger partial charge in [-0.05, 0) is 43.2 Å². The number of hydrogen-bond donors (Lipinski definition) is 1. The summed E-state index contributed by atoms with van der Waals surface area (Å²) < 4.78 is 23.2. The lowest BCUT2D eigenvalue weighted by molar-refractivity contribution is -0.116. The highest BCUT2D eigenvalue weighted by Crippen LogP contribution is 2.27. The van der Waals surface area contributed by atoms with E-state index < -0.39 is 11.6 Å². The van der Waals surface area contributed by atoms with E-state index in [0.29, 0.717) is 28.2 Å². The highest BCUT2D eigenvalue weighted by atomic mass is 19.1. The zero-order chi connectivity index (χ0) is 22.1. The number of aryl methyl sites for hydroxylation is 2. The molecule has 9 heteroatoms. The number of rotatable bonds is 5. The van der Waals surface area contributed by atoms with Gasteiger partial charge in [0.15, 0.2) is 11.4 Å². The summed E-state index contributed by atoms with van der Waals surface area (Å²) in [5.74, 6) is 0.130. The van der Waals surface area contributed by atoms with E-state index >= 15 is 0 Å². The third-order valence-electron chi connectivity index (χ3n) is 5.74. The molecule has 1 aliphatic rings. The Labute approximate surface area is 182 Å². The number of anilines is 1. The van der Waals surface area contributed by atoms with Crippen LogP contribution < -0.4 is 11.1 Å². The normalized spacial score (nSPS) is 13.7. The molecule has 0 bridgehead atoms. The third kappa shape index (κ3) is 3.81. The van der Waals surface area contributed by atoms with Crippen LogP contribution in [0.1, 0.15) is 31.5 Å². The molecule has 0 atom stereocenters. The van der Waals surface area contributed by atoms with Crippen molar-refractivity contribution < 1.29 is 13.6 Å². The summed E-state index contributed by atoms with van der Waals surface area (Å²) in [6, 6.07) is 11.5. The van der Waals surface area contributed by atoms with Crippen LogP contribution in [0, 0.1) is 5.82 Å². The standard InChI is InChI=1S/C23H22FN5O3/c24-17-10-9-15(14-16(17)22-27-26-20-8-2-1-5-12-29(20)22)25-21(30)11-13-28-18-6-3-4-7-19(18)32-23(28)31/h3-4,6-7,9-10,14H,1-2,5,8,11-13H2,(H,25,30). The van der Waals surface area contributed by atoms with Gasteiger partial charge in [-0.2, -0.15) is 0 Å². The van der Waals surface area contributed by atoms with Crippen LogP contribution in [0.15, 0.2) is 51.7 Å². The Morgan fingerprint density at radius 1 is 1.12 bits per heavy atom. The van der Waals surface area contributed by atoms with Gasteiger partial charge in [-0.25, -0.2) is 9.18 Å². The smallest absolute Gasteiger partial charge is 0.408 e. The molecular formula is C23H22FN5O3. The van der Waals surface area contributed by atoms with Crippen LogP contribution in [0.25, 0.3) is 22.5 Å². The van der Waals surface area contributed by atoms with Crippen LogP contribution >= 0.6 is 0 Å². The predicted molar refractivity (Wildman–Crippen MR) is 117 cm³/mol. The molecule has 1 amide bonds. The molecule has 1 N–H and O–H groups in total. The summed E-state index contributed by atoms with van der Waals surface area (Å²) >= 11 is 0. The number of hydrogen-bond acceptors (Lipinski definition) is 5. The quantitative estimate of drug-likeness (QED) is 0.515. The second-order valence-electron chi connectivity index (χ2n) is 7.88. The fourth-order valence-electron chi connectivity index (χ4n) is 4.12. The van der Waals surface area contributed by atoms with E-state index in [0.717, 1.165) is 38.1 Å². The maximum Gasteiger partial charge on any atom is 0.419 e. The summed E-state index contributed by atoms with van der Waals surface area (Å²) in [7, 11) is 0. The van der Waals surface area contributed by atoms with E-state index in [9.17, 15) is 14.0 Å². The van der Waals surface area contributed by atoms with Crippen molar-refractivity contribution in [1.82, 2.24) is 19.3 Å². The molecule has 2 aromatic heterocycles. The Hall–Kier alpha value is -3.75. The summed E-state index contributed by atoms with van der Waals surface area (Å²) in [5, 5.41) is 11.2. The molecule has 2 aromatic carbocycles. The molecule has 0 unspecified atom stereocenters. The molecule has 3 heterocycles. The number of halogens is 1. The largest absolute Gasteiger partial charge is 0.419 e. The highest BCUT2D eigenvalue weighted by molar-refractivity contribution is 5.91. The topological polar surface area (TPSA) is 94.9 Å². The number of para-hydroxylation sites is 2. The second-order valence-corrected chi connectivity index (χ2v) is 7.88. The van der Waals surface area contributed by atoms with Crippen molar-refractivity contribution in [1.29, 1.82) is 0 Å². The van der Waals surface area contributed by atoms with Crippen molar-refractivity contribution >= 4 is 22.7 Å². The van der Waals surface area contributed by atoms with Gasteiger partial charge in [0.1, 0.15) is 11.6 Å². The fourth-order valence-corrected chi connectivity index (χ4v) is 4.12. The van der Waals surface area contributed by atoms with E-state index in [4.69, 9.17) is 4.42 Å². The van der Waals surface area contributed by atoms with E-state index in [2.05, 4.69) is 15.5 Å². The van der Waals surface area contributed by atoms with Gasteiger partial charge in [0.25, 0.3) is 0 Å². The van der Waals surface area contributed by atoms with Crippen LogP contribution in [0.4, 0.5) is 10.1 Å². The first-order valence-electron chi connectivity index (χ1n) is 10.7. The van der Waals surface area contributed by atoms with Gasteiger partial charge in [-0.1, -0.05) is 18.6 Å². The molecular weight excluding hydrogens is 413 g/mol. The monoisotopic (exact) mass is 435 g/mol. The van der Waals surface area contributed by atoms with Gasteiger partial charge in [0.2, 0.25) is 5.91 Å². The molecule has 4 aromatic rings. The average molecular weight is 435 g/mol. The molecule has 0 spiro atoms. The lowest BCUT2D eigenvalue weighted by Gasteiger charge is -2.10. The van der Waals surface area contributed by atoms with Gasteiger partial charge in [-0.3, -0.25) is 9.36 Å². The molecule has 164 valence electrons. The minimum atomic E-state index is -0.504.